The molecule has 104 valence electrons. The summed E-state index contributed by atoms with van der Waals surface area (Å²) in [5, 5.41) is 1.03. The Morgan fingerprint density at radius 3 is 2.70 bits per heavy atom. The van der Waals surface area contributed by atoms with Crippen molar-refractivity contribution < 1.29 is 9.18 Å². The van der Waals surface area contributed by atoms with Gasteiger partial charge in [-0.15, -0.1) is 0 Å². The SMILES string of the molecule is O=C(c1ccc2ccccc2n1)N1CCC(CF)CC1. The number of amides is 1. The fourth-order valence-corrected chi connectivity index (χ4v) is 2.64. The molecule has 3 rings (SSSR count). The number of rotatable bonds is 2. The Bertz CT molecular complexity index is 621. The number of alkyl halides is 1. The maximum atomic E-state index is 12.6. The predicted molar refractivity (Wildman–Crippen MR) is 76.3 cm³/mol. The average molecular weight is 272 g/mol. The minimum Gasteiger partial charge on any atom is -0.337 e. The normalized spacial score (nSPS) is 16.6. The Morgan fingerprint density at radius 2 is 1.95 bits per heavy atom. The highest BCUT2D eigenvalue weighted by molar-refractivity contribution is 5.94. The third-order valence-corrected chi connectivity index (χ3v) is 3.94. The van der Waals surface area contributed by atoms with Crippen molar-refractivity contribution in [1.29, 1.82) is 0 Å². The van der Waals surface area contributed by atoms with Crippen LogP contribution < -0.4 is 0 Å². The molecule has 0 atom stereocenters. The maximum absolute atomic E-state index is 12.6. The van der Waals surface area contributed by atoms with Crippen LogP contribution in [-0.2, 0) is 0 Å². The number of pyridine rings is 1. The number of fused-ring (bicyclic) bond motifs is 1. The standard InChI is InChI=1S/C16H17FN2O/c17-11-12-7-9-19(10-8-12)16(20)15-6-5-13-3-1-2-4-14(13)18-15/h1-6,12H,7-11H2. The van der Waals surface area contributed by atoms with Gasteiger partial charge in [-0.05, 0) is 30.9 Å². The average Bonchev–Trinajstić information content (AvgIpc) is 2.54. The van der Waals surface area contributed by atoms with E-state index in [1.807, 2.05) is 30.3 Å². The molecule has 1 aliphatic rings. The van der Waals surface area contributed by atoms with E-state index in [-0.39, 0.29) is 18.5 Å². The molecule has 4 heteroatoms. The van der Waals surface area contributed by atoms with E-state index in [1.54, 1.807) is 11.0 Å². The molecule has 1 saturated heterocycles. The molecule has 20 heavy (non-hydrogen) atoms. The number of carbonyl (C=O) groups excluding carboxylic acids is 1. The number of hydrogen-bond acceptors (Lipinski definition) is 2. The van der Waals surface area contributed by atoms with E-state index in [0.29, 0.717) is 18.8 Å². The van der Waals surface area contributed by atoms with Gasteiger partial charge in [-0.2, -0.15) is 0 Å². The third-order valence-electron chi connectivity index (χ3n) is 3.94. The number of piperidine rings is 1. The molecular formula is C16H17FN2O. The smallest absolute Gasteiger partial charge is 0.272 e. The third kappa shape index (κ3) is 2.50. The summed E-state index contributed by atoms with van der Waals surface area (Å²) >= 11 is 0. The Hall–Kier alpha value is -1.97. The molecule has 0 bridgehead atoms. The van der Waals surface area contributed by atoms with Gasteiger partial charge in [0.2, 0.25) is 0 Å². The van der Waals surface area contributed by atoms with E-state index >= 15 is 0 Å². The number of benzene rings is 1. The van der Waals surface area contributed by atoms with Crippen molar-refractivity contribution in [3.05, 3.63) is 42.1 Å². The van der Waals surface area contributed by atoms with Crippen LogP contribution in [0, 0.1) is 5.92 Å². The number of nitrogens with zero attached hydrogens (tertiary/aromatic N) is 2. The van der Waals surface area contributed by atoms with E-state index in [1.165, 1.54) is 0 Å². The zero-order chi connectivity index (χ0) is 13.9. The summed E-state index contributed by atoms with van der Waals surface area (Å²) in [7, 11) is 0. The van der Waals surface area contributed by atoms with E-state index in [4.69, 9.17) is 0 Å². The Kier molecular flexibility index (Phi) is 3.63. The molecule has 0 spiro atoms. The van der Waals surface area contributed by atoms with Gasteiger partial charge in [-0.25, -0.2) is 4.98 Å². The van der Waals surface area contributed by atoms with E-state index in [9.17, 15) is 9.18 Å². The molecule has 0 unspecified atom stereocenters. The number of likely N-dealkylation sites (tertiary alicyclic amines) is 1. The molecule has 0 radical (unpaired) electrons. The van der Waals surface area contributed by atoms with Crippen molar-refractivity contribution in [2.75, 3.05) is 19.8 Å². The molecule has 0 saturated carbocycles. The Labute approximate surface area is 117 Å². The highest BCUT2D eigenvalue weighted by Crippen LogP contribution is 2.20. The minimum atomic E-state index is -0.281. The van der Waals surface area contributed by atoms with Crippen molar-refractivity contribution in [3.63, 3.8) is 0 Å². The van der Waals surface area contributed by atoms with Gasteiger partial charge >= 0.3 is 0 Å². The van der Waals surface area contributed by atoms with Crippen LogP contribution in [0.1, 0.15) is 23.3 Å². The zero-order valence-electron chi connectivity index (χ0n) is 11.3. The second-order valence-electron chi connectivity index (χ2n) is 5.28. The van der Waals surface area contributed by atoms with Crippen LogP contribution in [0.2, 0.25) is 0 Å². The fraction of sp³-hybridized carbons (Fsp3) is 0.375. The van der Waals surface area contributed by atoms with Crippen molar-refractivity contribution in [3.8, 4) is 0 Å². The topological polar surface area (TPSA) is 33.2 Å². The van der Waals surface area contributed by atoms with Gasteiger partial charge in [0.15, 0.2) is 0 Å². The minimum absolute atomic E-state index is 0.0481. The lowest BCUT2D eigenvalue weighted by Crippen LogP contribution is -2.39. The molecule has 1 fully saturated rings. The van der Waals surface area contributed by atoms with Crippen LogP contribution in [0.5, 0.6) is 0 Å². The van der Waals surface area contributed by atoms with Crippen LogP contribution in [0.4, 0.5) is 4.39 Å². The van der Waals surface area contributed by atoms with Gasteiger partial charge in [0.05, 0.1) is 12.2 Å². The Balaban J connectivity index is 1.79. The largest absolute Gasteiger partial charge is 0.337 e. The first-order chi connectivity index (χ1) is 9.78. The fourth-order valence-electron chi connectivity index (χ4n) is 2.64. The van der Waals surface area contributed by atoms with E-state index < -0.39 is 0 Å². The molecule has 3 nitrogen and oxygen atoms in total. The monoisotopic (exact) mass is 272 g/mol. The number of para-hydroxylation sites is 1. The molecule has 0 aliphatic carbocycles. The van der Waals surface area contributed by atoms with Gasteiger partial charge in [-0.3, -0.25) is 9.18 Å². The summed E-state index contributed by atoms with van der Waals surface area (Å²) < 4.78 is 12.6. The number of carbonyl (C=O) groups is 1. The van der Waals surface area contributed by atoms with Crippen LogP contribution in [0.3, 0.4) is 0 Å². The summed E-state index contributed by atoms with van der Waals surface area (Å²) in [4.78, 5) is 18.6. The van der Waals surface area contributed by atoms with Crippen LogP contribution in [0.25, 0.3) is 10.9 Å². The molecule has 1 aromatic carbocycles. The quantitative estimate of drug-likeness (QED) is 0.841. The van der Waals surface area contributed by atoms with Crippen molar-refractivity contribution >= 4 is 16.8 Å². The molecule has 1 aliphatic heterocycles. The summed E-state index contributed by atoms with van der Waals surface area (Å²) in [5.41, 5.74) is 1.30. The first-order valence-corrected chi connectivity index (χ1v) is 6.99. The molecule has 1 aromatic heterocycles. The highest BCUT2D eigenvalue weighted by atomic mass is 19.1. The molecule has 2 aromatic rings. The van der Waals surface area contributed by atoms with Crippen LogP contribution in [-0.4, -0.2) is 35.6 Å². The molecule has 0 N–H and O–H groups in total. The van der Waals surface area contributed by atoms with Crippen molar-refractivity contribution in [2.45, 2.75) is 12.8 Å². The van der Waals surface area contributed by atoms with Gasteiger partial charge in [0, 0.05) is 18.5 Å². The van der Waals surface area contributed by atoms with Gasteiger partial charge < -0.3 is 4.90 Å². The maximum Gasteiger partial charge on any atom is 0.272 e. The van der Waals surface area contributed by atoms with Gasteiger partial charge in [-0.1, -0.05) is 24.3 Å². The molecular weight excluding hydrogens is 255 g/mol. The highest BCUT2D eigenvalue weighted by Gasteiger charge is 2.24. The first-order valence-electron chi connectivity index (χ1n) is 6.99. The lowest BCUT2D eigenvalue weighted by atomic mass is 9.98. The number of aromatic nitrogens is 1. The summed E-state index contributed by atoms with van der Waals surface area (Å²) in [6.07, 6.45) is 1.49. The number of hydrogen-bond donors (Lipinski definition) is 0. The summed E-state index contributed by atoms with van der Waals surface area (Å²) in [6.45, 7) is 0.972. The molecule has 1 amide bonds. The summed E-state index contributed by atoms with van der Waals surface area (Å²) in [5.74, 6) is 0.0664. The summed E-state index contributed by atoms with van der Waals surface area (Å²) in [6, 6.07) is 11.4. The van der Waals surface area contributed by atoms with Gasteiger partial charge in [0.1, 0.15) is 5.69 Å². The first kappa shape index (κ1) is 13.0. The Morgan fingerprint density at radius 1 is 1.20 bits per heavy atom. The second kappa shape index (κ2) is 5.57. The van der Waals surface area contributed by atoms with E-state index in [0.717, 1.165) is 23.7 Å². The van der Waals surface area contributed by atoms with Crippen LogP contribution >= 0.6 is 0 Å². The lowest BCUT2D eigenvalue weighted by Gasteiger charge is -2.30. The second-order valence-corrected chi connectivity index (χ2v) is 5.28. The predicted octanol–water partition coefficient (Wildman–Crippen LogP) is 3.06. The molecule has 2 heterocycles. The number of halogens is 1. The van der Waals surface area contributed by atoms with E-state index in [2.05, 4.69) is 4.98 Å². The zero-order valence-corrected chi connectivity index (χ0v) is 11.3. The lowest BCUT2D eigenvalue weighted by molar-refractivity contribution is 0.0672. The van der Waals surface area contributed by atoms with Crippen LogP contribution in [0.15, 0.2) is 36.4 Å². The van der Waals surface area contributed by atoms with Crippen molar-refractivity contribution in [2.24, 2.45) is 5.92 Å². The van der Waals surface area contributed by atoms with Gasteiger partial charge in [0.25, 0.3) is 5.91 Å². The van der Waals surface area contributed by atoms with Crippen molar-refractivity contribution in [1.82, 2.24) is 9.88 Å².